The summed E-state index contributed by atoms with van der Waals surface area (Å²) in [6, 6.07) is 3.48. The van der Waals surface area contributed by atoms with Crippen LogP contribution >= 0.6 is 11.6 Å². The molecule has 0 aromatic heterocycles. The highest BCUT2D eigenvalue weighted by atomic mass is 35.5. The van der Waals surface area contributed by atoms with Crippen molar-refractivity contribution in [3.05, 3.63) is 29.0 Å². The van der Waals surface area contributed by atoms with E-state index in [1.54, 1.807) is 0 Å². The second-order valence-electron chi connectivity index (χ2n) is 4.81. The van der Waals surface area contributed by atoms with Crippen LogP contribution in [0.5, 0.6) is 0 Å². The molecular weight excluding hydrogens is 271 g/mol. The fraction of sp³-hybridized carbons (Fsp3) is 0.385. The van der Waals surface area contributed by atoms with Crippen LogP contribution in [0.4, 0.5) is 10.1 Å². The molecule has 6 heteroatoms. The number of rotatable bonds is 2. The minimum Gasteiger partial charge on any atom is -0.342 e. The average molecular weight is 285 g/mol. The first-order valence-electron chi connectivity index (χ1n) is 5.96. The highest BCUT2D eigenvalue weighted by molar-refractivity contribution is 6.30. The summed E-state index contributed by atoms with van der Waals surface area (Å²) in [5, 5.41) is 2.63. The van der Waals surface area contributed by atoms with Crippen molar-refractivity contribution >= 4 is 29.1 Å². The molecule has 0 spiro atoms. The van der Waals surface area contributed by atoms with Gasteiger partial charge in [-0.15, -0.1) is 0 Å². The van der Waals surface area contributed by atoms with Gasteiger partial charge in [-0.2, -0.15) is 0 Å². The molecule has 0 bridgehead atoms. The monoisotopic (exact) mass is 284 g/mol. The van der Waals surface area contributed by atoms with Crippen LogP contribution in [0.1, 0.15) is 13.8 Å². The van der Waals surface area contributed by atoms with Crippen molar-refractivity contribution in [2.24, 2.45) is 5.92 Å². The van der Waals surface area contributed by atoms with E-state index in [-0.39, 0.29) is 29.3 Å². The van der Waals surface area contributed by atoms with E-state index in [1.165, 1.54) is 17.0 Å². The number of hydrogen-bond acceptors (Lipinski definition) is 2. The minimum atomic E-state index is -0.612. The maximum absolute atomic E-state index is 13.4. The van der Waals surface area contributed by atoms with E-state index < -0.39 is 11.9 Å². The number of piperazine rings is 1. The predicted molar refractivity (Wildman–Crippen MR) is 70.5 cm³/mol. The zero-order valence-corrected chi connectivity index (χ0v) is 11.4. The van der Waals surface area contributed by atoms with Gasteiger partial charge in [-0.1, -0.05) is 25.4 Å². The van der Waals surface area contributed by atoms with Crippen LogP contribution in [0.25, 0.3) is 0 Å². The zero-order chi connectivity index (χ0) is 14.2. The summed E-state index contributed by atoms with van der Waals surface area (Å²) in [4.78, 5) is 25.2. The SMILES string of the molecule is CC(C)C1NC(=O)CN(c2ccc(Cl)c(F)c2)C1=O. The minimum absolute atomic E-state index is 0.0157. The van der Waals surface area contributed by atoms with Gasteiger partial charge in [0, 0.05) is 5.69 Å². The Morgan fingerprint density at radius 1 is 1.42 bits per heavy atom. The van der Waals surface area contributed by atoms with E-state index in [4.69, 9.17) is 11.6 Å². The lowest BCUT2D eigenvalue weighted by molar-refractivity contribution is -0.132. The van der Waals surface area contributed by atoms with Crippen molar-refractivity contribution in [3.8, 4) is 0 Å². The Bertz CT molecular complexity index is 533. The van der Waals surface area contributed by atoms with E-state index in [1.807, 2.05) is 13.8 Å². The van der Waals surface area contributed by atoms with E-state index in [9.17, 15) is 14.0 Å². The van der Waals surface area contributed by atoms with Crippen molar-refractivity contribution in [2.75, 3.05) is 11.4 Å². The first kappa shape index (κ1) is 13.8. The maximum Gasteiger partial charge on any atom is 0.250 e. The summed E-state index contributed by atoms with van der Waals surface area (Å²) in [5.74, 6) is -1.14. The fourth-order valence-corrected chi connectivity index (χ4v) is 2.11. The number of carbonyl (C=O) groups is 2. The quantitative estimate of drug-likeness (QED) is 0.903. The van der Waals surface area contributed by atoms with Gasteiger partial charge in [0.05, 0.1) is 5.02 Å². The highest BCUT2D eigenvalue weighted by Crippen LogP contribution is 2.24. The molecule has 1 aromatic carbocycles. The van der Waals surface area contributed by atoms with Gasteiger partial charge in [0.1, 0.15) is 18.4 Å². The molecule has 1 heterocycles. The van der Waals surface area contributed by atoms with Gasteiger partial charge in [0.25, 0.3) is 0 Å². The van der Waals surface area contributed by atoms with E-state index in [2.05, 4.69) is 5.32 Å². The lowest BCUT2D eigenvalue weighted by Crippen LogP contribution is -2.60. The predicted octanol–water partition coefficient (Wildman–Crippen LogP) is 1.97. The van der Waals surface area contributed by atoms with Gasteiger partial charge < -0.3 is 10.2 Å². The van der Waals surface area contributed by atoms with Crippen molar-refractivity contribution < 1.29 is 14.0 Å². The number of nitrogens with one attached hydrogen (secondary N) is 1. The van der Waals surface area contributed by atoms with Gasteiger partial charge in [0.2, 0.25) is 11.8 Å². The standard InChI is InChI=1S/C13H14ClFN2O2/c1-7(2)12-13(19)17(6-11(18)16-12)8-3-4-9(14)10(15)5-8/h3-5,7,12H,6H2,1-2H3,(H,16,18). The number of anilines is 1. The summed E-state index contributed by atoms with van der Waals surface area (Å²) in [6.07, 6.45) is 0. The number of nitrogens with zero attached hydrogens (tertiary/aromatic N) is 1. The molecular formula is C13H14ClFN2O2. The highest BCUT2D eigenvalue weighted by Gasteiger charge is 2.35. The summed E-state index contributed by atoms with van der Waals surface area (Å²) in [5.41, 5.74) is 0.340. The Hall–Kier alpha value is -1.62. The number of benzene rings is 1. The molecule has 102 valence electrons. The third-order valence-corrected chi connectivity index (χ3v) is 3.34. The van der Waals surface area contributed by atoms with Crippen molar-refractivity contribution in [3.63, 3.8) is 0 Å². The molecule has 4 nitrogen and oxygen atoms in total. The third kappa shape index (κ3) is 2.71. The second-order valence-corrected chi connectivity index (χ2v) is 5.22. The molecule has 1 N–H and O–H groups in total. The topological polar surface area (TPSA) is 49.4 Å². The van der Waals surface area contributed by atoms with Gasteiger partial charge >= 0.3 is 0 Å². The van der Waals surface area contributed by atoms with E-state index >= 15 is 0 Å². The lowest BCUT2D eigenvalue weighted by Gasteiger charge is -2.34. The largest absolute Gasteiger partial charge is 0.342 e. The molecule has 1 aliphatic rings. The second kappa shape index (κ2) is 5.17. The lowest BCUT2D eigenvalue weighted by atomic mass is 10.0. The van der Waals surface area contributed by atoms with Crippen LogP contribution in [0, 0.1) is 11.7 Å². The van der Waals surface area contributed by atoms with E-state index in [0.29, 0.717) is 5.69 Å². The third-order valence-electron chi connectivity index (χ3n) is 3.03. The van der Waals surface area contributed by atoms with Crippen LogP contribution in [0.15, 0.2) is 18.2 Å². The molecule has 2 amide bonds. The maximum atomic E-state index is 13.4. The first-order valence-corrected chi connectivity index (χ1v) is 6.33. The zero-order valence-electron chi connectivity index (χ0n) is 10.6. The number of hydrogen-bond donors (Lipinski definition) is 1. The molecule has 0 radical (unpaired) electrons. The normalized spacial score (nSPS) is 19.8. The van der Waals surface area contributed by atoms with Crippen LogP contribution in [-0.4, -0.2) is 24.4 Å². The Morgan fingerprint density at radius 2 is 2.11 bits per heavy atom. The van der Waals surface area contributed by atoms with Crippen LogP contribution < -0.4 is 10.2 Å². The molecule has 1 fully saturated rings. The molecule has 1 aliphatic heterocycles. The van der Waals surface area contributed by atoms with Gasteiger partial charge in [-0.3, -0.25) is 9.59 Å². The smallest absolute Gasteiger partial charge is 0.250 e. The summed E-state index contributed by atoms with van der Waals surface area (Å²) in [7, 11) is 0. The first-order chi connectivity index (χ1) is 8.90. The molecule has 1 unspecified atom stereocenters. The molecule has 1 atom stereocenters. The molecule has 1 aromatic rings. The fourth-order valence-electron chi connectivity index (χ4n) is 1.99. The Morgan fingerprint density at radius 3 is 2.68 bits per heavy atom. The van der Waals surface area contributed by atoms with Crippen molar-refractivity contribution in [1.29, 1.82) is 0 Å². The number of halogens is 2. The average Bonchev–Trinajstić information content (AvgIpc) is 2.35. The van der Waals surface area contributed by atoms with Crippen LogP contribution in [-0.2, 0) is 9.59 Å². The molecule has 1 saturated heterocycles. The Labute approximate surface area is 115 Å². The molecule has 0 aliphatic carbocycles. The molecule has 0 saturated carbocycles. The van der Waals surface area contributed by atoms with Gasteiger partial charge in [-0.25, -0.2) is 4.39 Å². The summed E-state index contributed by atoms with van der Waals surface area (Å²) < 4.78 is 13.4. The van der Waals surface area contributed by atoms with Crippen molar-refractivity contribution in [1.82, 2.24) is 5.32 Å². The van der Waals surface area contributed by atoms with Crippen LogP contribution in [0.3, 0.4) is 0 Å². The van der Waals surface area contributed by atoms with Gasteiger partial charge in [-0.05, 0) is 24.1 Å². The number of amides is 2. The number of carbonyl (C=O) groups excluding carboxylic acids is 2. The molecule has 2 rings (SSSR count). The van der Waals surface area contributed by atoms with Crippen LogP contribution in [0.2, 0.25) is 5.02 Å². The Kier molecular flexibility index (Phi) is 3.75. The molecule has 19 heavy (non-hydrogen) atoms. The van der Waals surface area contributed by atoms with Gasteiger partial charge in [0.15, 0.2) is 0 Å². The summed E-state index contributed by atoms with van der Waals surface area (Å²) >= 11 is 5.61. The Balaban J connectivity index is 2.34. The van der Waals surface area contributed by atoms with Crippen molar-refractivity contribution in [2.45, 2.75) is 19.9 Å². The van der Waals surface area contributed by atoms with E-state index in [0.717, 1.165) is 6.07 Å². The summed E-state index contributed by atoms with van der Waals surface area (Å²) in [6.45, 7) is 3.58.